The quantitative estimate of drug-likeness (QED) is 0.638. The van der Waals surface area contributed by atoms with Crippen LogP contribution in [0.15, 0.2) is 27.8 Å². The van der Waals surface area contributed by atoms with Crippen LogP contribution >= 0.6 is 11.8 Å². The molecule has 0 atom stereocenters. The first-order valence-corrected chi connectivity index (χ1v) is 6.93. The third kappa shape index (κ3) is 3.19. The Morgan fingerprint density at radius 1 is 1.45 bits per heavy atom. The predicted octanol–water partition coefficient (Wildman–Crippen LogP) is 3.51. The third-order valence-corrected chi connectivity index (χ3v) is 3.71. The van der Waals surface area contributed by atoms with E-state index in [9.17, 15) is 9.18 Å². The van der Waals surface area contributed by atoms with Crippen LogP contribution in [0, 0.1) is 19.7 Å². The maximum atomic E-state index is 13.7. The number of rotatable bonds is 4. The van der Waals surface area contributed by atoms with Crippen LogP contribution in [0.1, 0.15) is 27.4 Å². The standard InChI is InChI=1S/C14H14FNO3S/c1-8-9(2)19-14(16-8)20-7-10-4-5-11(12(15)6-10)13(17)18-3/h4-6H,7H2,1-3H3. The van der Waals surface area contributed by atoms with Gasteiger partial charge in [-0.3, -0.25) is 0 Å². The summed E-state index contributed by atoms with van der Waals surface area (Å²) in [6.07, 6.45) is 0. The van der Waals surface area contributed by atoms with Gasteiger partial charge in [-0.05, 0) is 31.5 Å². The van der Waals surface area contributed by atoms with Crippen molar-refractivity contribution < 1.29 is 18.3 Å². The Bertz CT molecular complexity index is 620. The molecule has 0 amide bonds. The van der Waals surface area contributed by atoms with Gasteiger partial charge in [-0.2, -0.15) is 0 Å². The van der Waals surface area contributed by atoms with Crippen LogP contribution in [0.4, 0.5) is 4.39 Å². The molecule has 0 spiro atoms. The molecule has 0 aliphatic rings. The molecule has 6 heteroatoms. The molecule has 2 rings (SSSR count). The highest BCUT2D eigenvalue weighted by molar-refractivity contribution is 7.98. The number of thioether (sulfide) groups is 1. The van der Waals surface area contributed by atoms with Crippen LogP contribution in [0.2, 0.25) is 0 Å². The summed E-state index contributed by atoms with van der Waals surface area (Å²) in [5.41, 5.74) is 1.53. The second-order valence-corrected chi connectivity index (χ2v) is 5.14. The lowest BCUT2D eigenvalue weighted by Gasteiger charge is -2.03. The van der Waals surface area contributed by atoms with E-state index >= 15 is 0 Å². The number of ether oxygens (including phenoxy) is 1. The Hall–Kier alpha value is -1.82. The number of esters is 1. The molecule has 20 heavy (non-hydrogen) atoms. The minimum Gasteiger partial charge on any atom is -0.465 e. The highest BCUT2D eigenvalue weighted by atomic mass is 32.2. The smallest absolute Gasteiger partial charge is 0.340 e. The van der Waals surface area contributed by atoms with Crippen LogP contribution < -0.4 is 0 Å². The molecule has 2 aromatic rings. The third-order valence-electron chi connectivity index (χ3n) is 2.81. The largest absolute Gasteiger partial charge is 0.465 e. The highest BCUT2D eigenvalue weighted by Crippen LogP contribution is 2.25. The van der Waals surface area contributed by atoms with Crippen molar-refractivity contribution in [2.24, 2.45) is 0 Å². The van der Waals surface area contributed by atoms with E-state index in [-0.39, 0.29) is 5.56 Å². The molecule has 0 fully saturated rings. The normalized spacial score (nSPS) is 10.6. The van der Waals surface area contributed by atoms with Crippen molar-refractivity contribution in [3.63, 3.8) is 0 Å². The summed E-state index contributed by atoms with van der Waals surface area (Å²) >= 11 is 1.38. The van der Waals surface area contributed by atoms with Crippen molar-refractivity contribution in [1.82, 2.24) is 4.98 Å². The second-order valence-electron chi connectivity index (χ2n) is 4.22. The summed E-state index contributed by atoms with van der Waals surface area (Å²) in [6, 6.07) is 4.43. The molecule has 1 heterocycles. The number of aryl methyl sites for hydroxylation is 2. The summed E-state index contributed by atoms with van der Waals surface area (Å²) in [4.78, 5) is 15.5. The van der Waals surface area contributed by atoms with Gasteiger partial charge in [0.05, 0.1) is 18.4 Å². The Kier molecular flexibility index (Phi) is 4.44. The molecule has 0 aliphatic heterocycles. The first-order valence-electron chi connectivity index (χ1n) is 5.95. The average molecular weight is 295 g/mol. The van der Waals surface area contributed by atoms with Crippen LogP contribution in [-0.2, 0) is 10.5 Å². The van der Waals surface area contributed by atoms with Gasteiger partial charge in [0.2, 0.25) is 0 Å². The zero-order valence-electron chi connectivity index (χ0n) is 11.4. The van der Waals surface area contributed by atoms with Crippen LogP contribution in [0.3, 0.4) is 0 Å². The van der Waals surface area contributed by atoms with Crippen molar-refractivity contribution in [2.75, 3.05) is 7.11 Å². The Balaban J connectivity index is 2.07. The van der Waals surface area contributed by atoms with Gasteiger partial charge >= 0.3 is 5.97 Å². The maximum Gasteiger partial charge on any atom is 0.340 e. The first kappa shape index (κ1) is 14.6. The van der Waals surface area contributed by atoms with Crippen molar-refractivity contribution in [2.45, 2.75) is 24.8 Å². The molecule has 106 valence electrons. The second kappa shape index (κ2) is 6.09. The van der Waals surface area contributed by atoms with Crippen molar-refractivity contribution in [3.05, 3.63) is 46.6 Å². The van der Waals surface area contributed by atoms with E-state index in [0.29, 0.717) is 11.0 Å². The van der Waals surface area contributed by atoms with Gasteiger partial charge in [-0.15, -0.1) is 0 Å². The lowest BCUT2D eigenvalue weighted by Crippen LogP contribution is -2.04. The van der Waals surface area contributed by atoms with Gasteiger partial charge in [-0.1, -0.05) is 17.8 Å². The number of oxazole rings is 1. The van der Waals surface area contributed by atoms with Gasteiger partial charge in [0.1, 0.15) is 11.6 Å². The SMILES string of the molecule is COC(=O)c1ccc(CSc2nc(C)c(C)o2)cc1F. The van der Waals surface area contributed by atoms with E-state index in [1.165, 1.54) is 31.0 Å². The summed E-state index contributed by atoms with van der Waals surface area (Å²) in [5.74, 6) is 0.0210. The lowest BCUT2D eigenvalue weighted by atomic mass is 10.1. The first-order chi connectivity index (χ1) is 9.51. The van der Waals surface area contributed by atoms with E-state index in [2.05, 4.69) is 9.72 Å². The van der Waals surface area contributed by atoms with E-state index in [4.69, 9.17) is 4.42 Å². The number of carbonyl (C=O) groups is 1. The molecule has 1 aromatic carbocycles. The van der Waals surface area contributed by atoms with Gasteiger partial charge in [0.15, 0.2) is 0 Å². The molecule has 4 nitrogen and oxygen atoms in total. The molecule has 0 aliphatic carbocycles. The van der Waals surface area contributed by atoms with Gasteiger partial charge in [-0.25, -0.2) is 14.2 Å². The monoisotopic (exact) mass is 295 g/mol. The summed E-state index contributed by atoms with van der Waals surface area (Å²) in [6.45, 7) is 3.71. The van der Waals surface area contributed by atoms with Crippen molar-refractivity contribution in [3.8, 4) is 0 Å². The summed E-state index contributed by atoms with van der Waals surface area (Å²) in [7, 11) is 1.22. The fourth-order valence-corrected chi connectivity index (χ4v) is 2.43. The van der Waals surface area contributed by atoms with Crippen LogP contribution in [0.5, 0.6) is 0 Å². The molecule has 0 radical (unpaired) electrons. The van der Waals surface area contributed by atoms with E-state index in [0.717, 1.165) is 17.0 Å². The van der Waals surface area contributed by atoms with E-state index < -0.39 is 11.8 Å². The van der Waals surface area contributed by atoms with Crippen LogP contribution in [-0.4, -0.2) is 18.1 Å². The molecule has 0 N–H and O–H groups in total. The Morgan fingerprint density at radius 3 is 2.75 bits per heavy atom. The summed E-state index contributed by atoms with van der Waals surface area (Å²) < 4.78 is 23.7. The number of methoxy groups -OCH3 is 1. The predicted molar refractivity (Wildman–Crippen MR) is 73.3 cm³/mol. The van der Waals surface area contributed by atoms with Gasteiger partial charge in [0.25, 0.3) is 5.22 Å². The molecular weight excluding hydrogens is 281 g/mol. The maximum absolute atomic E-state index is 13.7. The molecule has 0 unspecified atom stereocenters. The molecule has 0 saturated heterocycles. The fourth-order valence-electron chi connectivity index (χ4n) is 1.57. The zero-order valence-corrected chi connectivity index (χ0v) is 12.2. The fraction of sp³-hybridized carbons (Fsp3) is 0.286. The van der Waals surface area contributed by atoms with E-state index in [1.54, 1.807) is 6.07 Å². The van der Waals surface area contributed by atoms with Crippen molar-refractivity contribution >= 4 is 17.7 Å². The molecule has 0 saturated carbocycles. The summed E-state index contributed by atoms with van der Waals surface area (Å²) in [5, 5.41) is 0.553. The molecular formula is C14H14FNO3S. The van der Waals surface area contributed by atoms with Gasteiger partial charge in [0, 0.05) is 5.75 Å². The number of aromatic nitrogens is 1. The van der Waals surface area contributed by atoms with E-state index in [1.807, 2.05) is 13.8 Å². The topological polar surface area (TPSA) is 52.3 Å². The zero-order chi connectivity index (χ0) is 14.7. The number of hydrogen-bond donors (Lipinski definition) is 0. The van der Waals surface area contributed by atoms with Crippen molar-refractivity contribution in [1.29, 1.82) is 0 Å². The number of nitrogens with zero attached hydrogens (tertiary/aromatic N) is 1. The van der Waals surface area contributed by atoms with Gasteiger partial charge < -0.3 is 9.15 Å². The Morgan fingerprint density at radius 2 is 2.20 bits per heavy atom. The number of benzene rings is 1. The minimum atomic E-state index is -0.680. The average Bonchev–Trinajstić information content (AvgIpc) is 2.75. The number of halogens is 1. The minimum absolute atomic E-state index is 0.0657. The highest BCUT2D eigenvalue weighted by Gasteiger charge is 2.13. The van der Waals surface area contributed by atoms with Crippen LogP contribution in [0.25, 0.3) is 0 Å². The lowest BCUT2D eigenvalue weighted by molar-refractivity contribution is 0.0595. The number of carbonyl (C=O) groups excluding carboxylic acids is 1. The molecule has 0 bridgehead atoms. The molecule has 1 aromatic heterocycles. The Labute approximate surface area is 120 Å². The number of hydrogen-bond acceptors (Lipinski definition) is 5.